The first-order chi connectivity index (χ1) is 10.4. The van der Waals surface area contributed by atoms with Gasteiger partial charge in [0.1, 0.15) is 5.54 Å². The summed E-state index contributed by atoms with van der Waals surface area (Å²) >= 11 is 0. The van der Waals surface area contributed by atoms with Crippen LogP contribution in [0.3, 0.4) is 0 Å². The van der Waals surface area contributed by atoms with Gasteiger partial charge >= 0.3 is 5.97 Å². The molecule has 22 heavy (non-hydrogen) atoms. The minimum Gasteiger partial charge on any atom is -0.480 e. The highest BCUT2D eigenvalue weighted by Crippen LogP contribution is 2.30. The number of carboxylic acids is 1. The highest BCUT2D eigenvalue weighted by Gasteiger charge is 2.42. The average Bonchev–Trinajstić information content (AvgIpc) is 2.88. The lowest BCUT2D eigenvalue weighted by atomic mass is 9.97. The molecule has 2 rings (SSSR count). The predicted molar refractivity (Wildman–Crippen MR) is 81.4 cm³/mol. The second-order valence-electron chi connectivity index (χ2n) is 5.70. The van der Waals surface area contributed by atoms with Gasteiger partial charge in [0.15, 0.2) is 0 Å². The number of carbonyl (C=O) groups is 3. The summed E-state index contributed by atoms with van der Waals surface area (Å²) in [5, 5.41) is 14.7. The molecule has 6 heteroatoms. The van der Waals surface area contributed by atoms with Gasteiger partial charge in [0.2, 0.25) is 11.8 Å². The summed E-state index contributed by atoms with van der Waals surface area (Å²) in [6.07, 6.45) is 2.65. The fourth-order valence-corrected chi connectivity index (χ4v) is 2.83. The highest BCUT2D eigenvalue weighted by atomic mass is 16.4. The van der Waals surface area contributed by atoms with E-state index in [1.807, 2.05) is 0 Å². The third-order valence-corrected chi connectivity index (χ3v) is 3.86. The van der Waals surface area contributed by atoms with Gasteiger partial charge in [0.05, 0.1) is 6.42 Å². The van der Waals surface area contributed by atoms with Crippen molar-refractivity contribution in [3.05, 3.63) is 29.8 Å². The number of benzene rings is 1. The van der Waals surface area contributed by atoms with E-state index in [9.17, 15) is 19.5 Å². The molecule has 1 aliphatic carbocycles. The minimum atomic E-state index is -1.12. The highest BCUT2D eigenvalue weighted by molar-refractivity contribution is 5.90. The molecule has 6 nitrogen and oxygen atoms in total. The van der Waals surface area contributed by atoms with Crippen LogP contribution in [0, 0.1) is 0 Å². The van der Waals surface area contributed by atoms with Crippen LogP contribution in [0.15, 0.2) is 24.3 Å². The Morgan fingerprint density at radius 3 is 2.50 bits per heavy atom. The Balaban J connectivity index is 2.02. The van der Waals surface area contributed by atoms with E-state index >= 15 is 0 Å². The number of hydrogen-bond donors (Lipinski definition) is 3. The molecule has 0 heterocycles. The average molecular weight is 304 g/mol. The standard InChI is InChI=1S/C16H20N2O4/c1-11(19)17-13-6-4-5-12(9-13)10-14(20)18-16(15(21)22)7-2-3-8-16/h4-6,9H,2-3,7-8,10H2,1H3,(H,17,19)(H,18,20)(H,21,22). The summed E-state index contributed by atoms with van der Waals surface area (Å²) < 4.78 is 0. The van der Waals surface area contributed by atoms with E-state index in [0.29, 0.717) is 18.5 Å². The van der Waals surface area contributed by atoms with Crippen molar-refractivity contribution in [3.8, 4) is 0 Å². The molecule has 0 atom stereocenters. The fourth-order valence-electron chi connectivity index (χ4n) is 2.83. The van der Waals surface area contributed by atoms with Gasteiger partial charge in [-0.2, -0.15) is 0 Å². The molecular weight excluding hydrogens is 284 g/mol. The molecule has 0 spiro atoms. The molecule has 0 aliphatic heterocycles. The monoisotopic (exact) mass is 304 g/mol. The first-order valence-electron chi connectivity index (χ1n) is 7.32. The Morgan fingerprint density at radius 1 is 1.23 bits per heavy atom. The van der Waals surface area contributed by atoms with Gasteiger partial charge in [0.25, 0.3) is 0 Å². The summed E-state index contributed by atoms with van der Waals surface area (Å²) in [7, 11) is 0. The number of anilines is 1. The molecule has 1 aliphatic rings. The fraction of sp³-hybridized carbons (Fsp3) is 0.438. The number of hydrogen-bond acceptors (Lipinski definition) is 3. The van der Waals surface area contributed by atoms with Gasteiger partial charge in [0, 0.05) is 12.6 Å². The van der Waals surface area contributed by atoms with Gasteiger partial charge in [-0.25, -0.2) is 4.79 Å². The maximum Gasteiger partial charge on any atom is 0.329 e. The smallest absolute Gasteiger partial charge is 0.329 e. The largest absolute Gasteiger partial charge is 0.480 e. The summed E-state index contributed by atoms with van der Waals surface area (Å²) in [6, 6.07) is 6.96. The van der Waals surface area contributed by atoms with Crippen molar-refractivity contribution in [2.75, 3.05) is 5.32 Å². The summed E-state index contributed by atoms with van der Waals surface area (Å²) in [5.41, 5.74) is 0.223. The molecule has 0 aromatic heterocycles. The van der Waals surface area contributed by atoms with Gasteiger partial charge in [-0.1, -0.05) is 25.0 Å². The molecule has 3 N–H and O–H groups in total. The third kappa shape index (κ3) is 3.84. The zero-order valence-corrected chi connectivity index (χ0v) is 12.5. The number of carboxylic acid groups (broad SMARTS) is 1. The number of carbonyl (C=O) groups excluding carboxylic acids is 2. The van der Waals surface area contributed by atoms with Crippen LogP contribution in [0.2, 0.25) is 0 Å². The van der Waals surface area contributed by atoms with Gasteiger partial charge < -0.3 is 15.7 Å². The molecule has 0 radical (unpaired) electrons. The zero-order chi connectivity index (χ0) is 16.2. The molecule has 1 saturated carbocycles. The van der Waals surface area contributed by atoms with Crippen molar-refractivity contribution in [2.45, 2.75) is 44.6 Å². The number of aliphatic carboxylic acids is 1. The van der Waals surface area contributed by atoms with Crippen LogP contribution < -0.4 is 10.6 Å². The topological polar surface area (TPSA) is 95.5 Å². The van der Waals surface area contributed by atoms with Crippen LogP contribution in [-0.4, -0.2) is 28.4 Å². The zero-order valence-electron chi connectivity index (χ0n) is 12.5. The maximum atomic E-state index is 12.1. The molecule has 118 valence electrons. The molecule has 1 fully saturated rings. The van der Waals surface area contributed by atoms with Gasteiger partial charge in [-0.3, -0.25) is 9.59 Å². The number of rotatable bonds is 5. The van der Waals surface area contributed by atoms with Crippen molar-refractivity contribution in [1.82, 2.24) is 5.32 Å². The van der Waals surface area contributed by atoms with E-state index in [-0.39, 0.29) is 18.2 Å². The number of amides is 2. The van der Waals surface area contributed by atoms with Crippen LogP contribution in [0.25, 0.3) is 0 Å². The Morgan fingerprint density at radius 2 is 1.91 bits per heavy atom. The quantitative estimate of drug-likeness (QED) is 0.771. The van der Waals surface area contributed by atoms with E-state index in [1.165, 1.54) is 6.92 Å². The second kappa shape index (κ2) is 6.60. The maximum absolute atomic E-state index is 12.1. The summed E-state index contributed by atoms with van der Waals surface area (Å²) in [6.45, 7) is 1.41. The normalized spacial score (nSPS) is 16.0. The van der Waals surface area contributed by atoms with Crippen LogP contribution in [0.5, 0.6) is 0 Å². The van der Waals surface area contributed by atoms with E-state index in [4.69, 9.17) is 0 Å². The van der Waals surface area contributed by atoms with E-state index < -0.39 is 11.5 Å². The van der Waals surface area contributed by atoms with Crippen molar-refractivity contribution in [3.63, 3.8) is 0 Å². The third-order valence-electron chi connectivity index (χ3n) is 3.86. The SMILES string of the molecule is CC(=O)Nc1cccc(CC(=O)NC2(C(=O)O)CCCC2)c1. The molecule has 0 bridgehead atoms. The van der Waals surface area contributed by atoms with Gasteiger partial charge in [-0.05, 0) is 30.5 Å². The van der Waals surface area contributed by atoms with E-state index in [0.717, 1.165) is 18.4 Å². The molecule has 2 amide bonds. The van der Waals surface area contributed by atoms with Crippen LogP contribution >= 0.6 is 0 Å². The van der Waals surface area contributed by atoms with Crippen molar-refractivity contribution in [2.24, 2.45) is 0 Å². The van der Waals surface area contributed by atoms with Crippen LogP contribution in [0.4, 0.5) is 5.69 Å². The number of nitrogens with one attached hydrogen (secondary N) is 2. The first kappa shape index (κ1) is 16.0. The summed E-state index contributed by atoms with van der Waals surface area (Å²) in [5.74, 6) is -1.47. The van der Waals surface area contributed by atoms with Gasteiger partial charge in [-0.15, -0.1) is 0 Å². The lowest BCUT2D eigenvalue weighted by Crippen LogP contribution is -2.52. The molecule has 1 aromatic rings. The lowest BCUT2D eigenvalue weighted by molar-refractivity contribution is -0.147. The second-order valence-corrected chi connectivity index (χ2v) is 5.70. The van der Waals surface area contributed by atoms with Crippen LogP contribution in [0.1, 0.15) is 38.2 Å². The Hall–Kier alpha value is -2.37. The lowest BCUT2D eigenvalue weighted by Gasteiger charge is -2.25. The first-order valence-corrected chi connectivity index (χ1v) is 7.32. The molecule has 1 aromatic carbocycles. The molecular formula is C16H20N2O4. The summed E-state index contributed by atoms with van der Waals surface area (Å²) in [4.78, 5) is 34.6. The van der Waals surface area contributed by atoms with E-state index in [2.05, 4.69) is 10.6 Å². The Bertz CT molecular complexity index is 592. The Labute approximate surface area is 128 Å². The van der Waals surface area contributed by atoms with Crippen molar-refractivity contribution >= 4 is 23.5 Å². The predicted octanol–water partition coefficient (Wildman–Crippen LogP) is 1.70. The Kier molecular flexibility index (Phi) is 4.80. The van der Waals surface area contributed by atoms with Crippen molar-refractivity contribution in [1.29, 1.82) is 0 Å². The van der Waals surface area contributed by atoms with Crippen molar-refractivity contribution < 1.29 is 19.5 Å². The molecule has 0 unspecified atom stereocenters. The molecule has 0 saturated heterocycles. The van der Waals surface area contributed by atoms with E-state index in [1.54, 1.807) is 24.3 Å². The van der Waals surface area contributed by atoms with Crippen LogP contribution in [-0.2, 0) is 20.8 Å². The minimum absolute atomic E-state index is 0.0858.